The molecule has 6 nitrogen and oxygen atoms in total. The standard InChI is InChI=1S/C16H18N2O4S/c1-10(19)15(21)22-8-9-23-16-17-13-5-3-2-4-12(13)14(20)18(16)11-6-7-11/h2-5,10-11,19H,6-9H2,1H3/t10-/m0/s1. The zero-order valence-electron chi connectivity index (χ0n) is 12.8. The van der Waals surface area contributed by atoms with Gasteiger partial charge in [0.05, 0.1) is 10.9 Å². The third-order valence-electron chi connectivity index (χ3n) is 3.59. The van der Waals surface area contributed by atoms with Crippen LogP contribution in [-0.4, -0.2) is 39.1 Å². The van der Waals surface area contributed by atoms with Crippen molar-refractivity contribution < 1.29 is 14.6 Å². The minimum Gasteiger partial charge on any atom is -0.463 e. The van der Waals surface area contributed by atoms with Gasteiger partial charge in [0.25, 0.3) is 5.56 Å². The summed E-state index contributed by atoms with van der Waals surface area (Å²) in [5, 5.41) is 10.4. The smallest absolute Gasteiger partial charge is 0.334 e. The number of hydrogen-bond donors (Lipinski definition) is 1. The topological polar surface area (TPSA) is 81.4 Å². The Balaban J connectivity index is 1.78. The highest BCUT2D eigenvalue weighted by Gasteiger charge is 2.28. The van der Waals surface area contributed by atoms with Crippen LogP contribution in [0.4, 0.5) is 0 Å². The van der Waals surface area contributed by atoms with Crippen LogP contribution in [0.3, 0.4) is 0 Å². The number of aliphatic hydroxyl groups is 1. The van der Waals surface area contributed by atoms with Crippen molar-refractivity contribution in [2.45, 2.75) is 37.1 Å². The van der Waals surface area contributed by atoms with Crippen molar-refractivity contribution in [3.8, 4) is 0 Å². The van der Waals surface area contributed by atoms with E-state index < -0.39 is 12.1 Å². The normalized spacial score (nSPS) is 15.6. The van der Waals surface area contributed by atoms with Crippen LogP contribution in [-0.2, 0) is 9.53 Å². The second kappa shape index (κ2) is 6.72. The highest BCUT2D eigenvalue weighted by molar-refractivity contribution is 7.99. The van der Waals surface area contributed by atoms with Gasteiger partial charge in [0.1, 0.15) is 12.7 Å². The summed E-state index contributed by atoms with van der Waals surface area (Å²) >= 11 is 1.39. The molecule has 1 saturated carbocycles. The van der Waals surface area contributed by atoms with Crippen molar-refractivity contribution in [3.63, 3.8) is 0 Å². The molecule has 0 saturated heterocycles. The maximum atomic E-state index is 12.7. The fourth-order valence-electron chi connectivity index (χ4n) is 2.28. The van der Waals surface area contributed by atoms with Gasteiger partial charge in [-0.2, -0.15) is 0 Å². The number of aliphatic hydroxyl groups excluding tert-OH is 1. The molecule has 7 heteroatoms. The third kappa shape index (κ3) is 3.56. The number of carbonyl (C=O) groups is 1. The average Bonchev–Trinajstić information content (AvgIpc) is 3.36. The fourth-order valence-corrected chi connectivity index (χ4v) is 3.16. The average molecular weight is 334 g/mol. The van der Waals surface area contributed by atoms with E-state index in [9.17, 15) is 9.59 Å². The predicted octanol–water partition coefficient (Wildman–Crippen LogP) is 1.75. The first kappa shape index (κ1) is 16.0. The molecular formula is C16H18N2O4S. The van der Waals surface area contributed by atoms with Gasteiger partial charge in [0, 0.05) is 11.8 Å². The second-order valence-electron chi connectivity index (χ2n) is 5.51. The van der Waals surface area contributed by atoms with E-state index in [1.807, 2.05) is 18.2 Å². The van der Waals surface area contributed by atoms with Crippen LogP contribution < -0.4 is 5.56 Å². The number of aromatic nitrogens is 2. The van der Waals surface area contributed by atoms with E-state index in [1.165, 1.54) is 18.7 Å². The van der Waals surface area contributed by atoms with Crippen LogP contribution in [0.1, 0.15) is 25.8 Å². The number of ether oxygens (including phenoxy) is 1. The van der Waals surface area contributed by atoms with E-state index in [1.54, 1.807) is 10.6 Å². The first-order valence-electron chi connectivity index (χ1n) is 7.56. The van der Waals surface area contributed by atoms with E-state index in [2.05, 4.69) is 4.98 Å². The van der Waals surface area contributed by atoms with E-state index in [4.69, 9.17) is 9.84 Å². The molecule has 23 heavy (non-hydrogen) atoms. The molecule has 122 valence electrons. The summed E-state index contributed by atoms with van der Waals surface area (Å²) in [6, 6.07) is 7.54. The number of nitrogens with zero attached hydrogens (tertiary/aromatic N) is 2. The van der Waals surface area contributed by atoms with Crippen molar-refractivity contribution in [1.82, 2.24) is 9.55 Å². The Morgan fingerprint density at radius 2 is 2.22 bits per heavy atom. The molecule has 1 aliphatic carbocycles. The SMILES string of the molecule is C[C@H](O)C(=O)OCCSc1nc2ccccc2c(=O)n1C1CC1. The Bertz CT molecular complexity index is 783. The number of benzene rings is 1. The lowest BCUT2D eigenvalue weighted by atomic mass is 10.2. The van der Waals surface area contributed by atoms with E-state index in [0.717, 1.165) is 12.8 Å². The molecule has 0 spiro atoms. The minimum absolute atomic E-state index is 0.0124. The highest BCUT2D eigenvalue weighted by atomic mass is 32.2. The van der Waals surface area contributed by atoms with Gasteiger partial charge < -0.3 is 9.84 Å². The van der Waals surface area contributed by atoms with Gasteiger partial charge in [0.2, 0.25) is 0 Å². The van der Waals surface area contributed by atoms with Crippen molar-refractivity contribution in [1.29, 1.82) is 0 Å². The summed E-state index contributed by atoms with van der Waals surface area (Å²) in [4.78, 5) is 28.5. The summed E-state index contributed by atoms with van der Waals surface area (Å²) in [6.45, 7) is 1.53. The molecule has 3 rings (SSSR count). The molecule has 0 unspecified atom stereocenters. The Kier molecular flexibility index (Phi) is 4.68. The highest BCUT2D eigenvalue weighted by Crippen LogP contribution is 2.36. The van der Waals surface area contributed by atoms with Gasteiger partial charge in [-0.3, -0.25) is 9.36 Å². The first-order chi connectivity index (χ1) is 11.1. The van der Waals surface area contributed by atoms with Crippen LogP contribution in [0.25, 0.3) is 10.9 Å². The predicted molar refractivity (Wildman–Crippen MR) is 87.6 cm³/mol. The van der Waals surface area contributed by atoms with Gasteiger partial charge in [0.15, 0.2) is 5.16 Å². The van der Waals surface area contributed by atoms with E-state index in [-0.39, 0.29) is 18.2 Å². The molecule has 0 amide bonds. The number of hydrogen-bond acceptors (Lipinski definition) is 6. The number of rotatable bonds is 6. The fraction of sp³-hybridized carbons (Fsp3) is 0.438. The molecule has 0 bridgehead atoms. The zero-order chi connectivity index (χ0) is 16.4. The van der Waals surface area contributed by atoms with Crippen LogP contribution in [0, 0.1) is 0 Å². The van der Waals surface area contributed by atoms with Crippen molar-refractivity contribution in [2.75, 3.05) is 12.4 Å². The maximum absolute atomic E-state index is 12.7. The lowest BCUT2D eigenvalue weighted by Gasteiger charge is -2.12. The van der Waals surface area contributed by atoms with Gasteiger partial charge >= 0.3 is 5.97 Å². The van der Waals surface area contributed by atoms with Gasteiger partial charge in [-0.1, -0.05) is 23.9 Å². The summed E-state index contributed by atoms with van der Waals surface area (Å²) in [7, 11) is 0. The van der Waals surface area contributed by atoms with Crippen molar-refractivity contribution in [3.05, 3.63) is 34.6 Å². The largest absolute Gasteiger partial charge is 0.463 e. The number of esters is 1. The summed E-state index contributed by atoms with van der Waals surface area (Å²) in [5.74, 6) is -0.160. The summed E-state index contributed by atoms with van der Waals surface area (Å²) in [6.07, 6.45) is 0.859. The quantitative estimate of drug-likeness (QED) is 0.375. The molecule has 0 aliphatic heterocycles. The van der Waals surface area contributed by atoms with Gasteiger partial charge in [-0.25, -0.2) is 9.78 Å². The summed E-state index contributed by atoms with van der Waals surface area (Å²) in [5.41, 5.74) is 0.666. The van der Waals surface area contributed by atoms with Crippen molar-refractivity contribution >= 4 is 28.6 Å². The molecule has 1 atom stereocenters. The Morgan fingerprint density at radius 3 is 2.91 bits per heavy atom. The molecule has 2 aromatic rings. The number of carbonyl (C=O) groups excluding carboxylic acids is 1. The Morgan fingerprint density at radius 1 is 1.48 bits per heavy atom. The minimum atomic E-state index is -1.12. The van der Waals surface area contributed by atoms with Gasteiger partial charge in [-0.15, -0.1) is 0 Å². The van der Waals surface area contributed by atoms with Gasteiger partial charge in [-0.05, 0) is 31.9 Å². The second-order valence-corrected chi connectivity index (χ2v) is 6.57. The Hall–Kier alpha value is -1.86. The van der Waals surface area contributed by atoms with Crippen LogP contribution >= 0.6 is 11.8 Å². The molecule has 1 heterocycles. The van der Waals surface area contributed by atoms with Crippen molar-refractivity contribution in [2.24, 2.45) is 0 Å². The monoisotopic (exact) mass is 334 g/mol. The number of fused-ring (bicyclic) bond motifs is 1. The van der Waals surface area contributed by atoms with Crippen LogP contribution in [0.5, 0.6) is 0 Å². The molecule has 1 aliphatic rings. The first-order valence-corrected chi connectivity index (χ1v) is 8.55. The molecule has 1 aromatic carbocycles. The van der Waals surface area contributed by atoms with E-state index in [0.29, 0.717) is 21.8 Å². The van der Waals surface area contributed by atoms with Crippen LogP contribution in [0.2, 0.25) is 0 Å². The summed E-state index contributed by atoms with van der Waals surface area (Å²) < 4.78 is 6.69. The molecule has 0 radical (unpaired) electrons. The molecule has 1 fully saturated rings. The lowest BCUT2D eigenvalue weighted by Crippen LogP contribution is -2.23. The molecular weight excluding hydrogens is 316 g/mol. The molecule has 1 aromatic heterocycles. The third-order valence-corrected chi connectivity index (χ3v) is 4.50. The maximum Gasteiger partial charge on any atom is 0.334 e. The number of para-hydroxylation sites is 1. The van der Waals surface area contributed by atoms with E-state index >= 15 is 0 Å². The number of thioether (sulfide) groups is 1. The van der Waals surface area contributed by atoms with Crippen LogP contribution in [0.15, 0.2) is 34.2 Å². The molecule has 1 N–H and O–H groups in total. The zero-order valence-corrected chi connectivity index (χ0v) is 13.6. The Labute approximate surface area is 137 Å². The lowest BCUT2D eigenvalue weighted by molar-refractivity contribution is -0.151.